The van der Waals surface area contributed by atoms with Gasteiger partial charge in [0.15, 0.2) is 0 Å². The molecule has 0 bridgehead atoms. The van der Waals surface area contributed by atoms with Crippen LogP contribution in [0.4, 0.5) is 0 Å². The van der Waals surface area contributed by atoms with Crippen LogP contribution in [0.5, 0.6) is 0 Å². The first-order chi connectivity index (χ1) is 9.70. The van der Waals surface area contributed by atoms with E-state index in [1.54, 1.807) is 11.3 Å². The van der Waals surface area contributed by atoms with Crippen LogP contribution < -0.4 is 5.32 Å². The van der Waals surface area contributed by atoms with Crippen molar-refractivity contribution in [2.75, 3.05) is 39.3 Å². The van der Waals surface area contributed by atoms with Gasteiger partial charge < -0.3 is 10.2 Å². The molecule has 3 heterocycles. The van der Waals surface area contributed by atoms with Crippen LogP contribution in [0.25, 0.3) is 0 Å². The lowest BCUT2D eigenvalue weighted by Crippen LogP contribution is -2.50. The molecule has 3 rings (SSSR count). The number of rotatable bonds is 4. The maximum absolute atomic E-state index is 12.1. The Morgan fingerprint density at radius 3 is 2.60 bits per heavy atom. The Kier molecular flexibility index (Phi) is 4.61. The SMILES string of the molecule is O=C(CC1CNC1)N1CCN(Cc2ccc(Cl)s2)CC1. The number of hydrogen-bond donors (Lipinski definition) is 1. The predicted molar refractivity (Wildman–Crippen MR) is 82.2 cm³/mol. The fourth-order valence-electron chi connectivity index (χ4n) is 2.68. The molecular weight excluding hydrogens is 294 g/mol. The van der Waals surface area contributed by atoms with Crippen LogP contribution in [-0.4, -0.2) is 55.0 Å². The molecule has 2 aliphatic rings. The third kappa shape index (κ3) is 3.52. The van der Waals surface area contributed by atoms with E-state index in [0.717, 1.165) is 50.1 Å². The summed E-state index contributed by atoms with van der Waals surface area (Å²) in [6.45, 7) is 6.60. The fraction of sp³-hybridized carbons (Fsp3) is 0.643. The minimum Gasteiger partial charge on any atom is -0.340 e. The Morgan fingerprint density at radius 2 is 2.05 bits per heavy atom. The van der Waals surface area contributed by atoms with Gasteiger partial charge in [-0.2, -0.15) is 0 Å². The zero-order valence-electron chi connectivity index (χ0n) is 11.5. The summed E-state index contributed by atoms with van der Waals surface area (Å²) in [5.41, 5.74) is 0. The number of nitrogens with one attached hydrogen (secondary N) is 1. The second-order valence-electron chi connectivity index (χ2n) is 5.59. The molecule has 6 heteroatoms. The minimum atomic E-state index is 0.329. The maximum Gasteiger partial charge on any atom is 0.223 e. The quantitative estimate of drug-likeness (QED) is 0.918. The van der Waals surface area contributed by atoms with Crippen LogP contribution >= 0.6 is 22.9 Å². The highest BCUT2D eigenvalue weighted by Gasteiger charge is 2.26. The lowest BCUT2D eigenvalue weighted by atomic mass is 9.98. The van der Waals surface area contributed by atoms with Crippen LogP contribution in [0.3, 0.4) is 0 Å². The van der Waals surface area contributed by atoms with Gasteiger partial charge in [0.25, 0.3) is 0 Å². The topological polar surface area (TPSA) is 35.6 Å². The second kappa shape index (κ2) is 6.43. The summed E-state index contributed by atoms with van der Waals surface area (Å²) in [5.74, 6) is 0.893. The van der Waals surface area contributed by atoms with Crippen molar-refractivity contribution in [3.05, 3.63) is 21.3 Å². The van der Waals surface area contributed by atoms with E-state index in [2.05, 4.69) is 16.3 Å². The minimum absolute atomic E-state index is 0.329. The van der Waals surface area contributed by atoms with Gasteiger partial charge in [0.1, 0.15) is 0 Å². The van der Waals surface area contributed by atoms with Crippen molar-refractivity contribution in [2.45, 2.75) is 13.0 Å². The fourth-order valence-corrected chi connectivity index (χ4v) is 3.81. The van der Waals surface area contributed by atoms with Gasteiger partial charge in [0, 0.05) is 44.0 Å². The predicted octanol–water partition coefficient (Wildman–Crippen LogP) is 1.66. The largest absolute Gasteiger partial charge is 0.340 e. The van der Waals surface area contributed by atoms with Gasteiger partial charge >= 0.3 is 0 Å². The third-order valence-corrected chi connectivity index (χ3v) is 5.28. The van der Waals surface area contributed by atoms with Crippen LogP contribution in [0.1, 0.15) is 11.3 Å². The zero-order valence-corrected chi connectivity index (χ0v) is 13.1. The molecule has 0 spiro atoms. The lowest BCUT2D eigenvalue weighted by molar-refractivity contribution is -0.134. The number of nitrogens with zero attached hydrogens (tertiary/aromatic N) is 2. The Balaban J connectivity index is 1.43. The summed E-state index contributed by atoms with van der Waals surface area (Å²) in [6.07, 6.45) is 0.716. The monoisotopic (exact) mass is 313 g/mol. The Morgan fingerprint density at radius 1 is 1.30 bits per heavy atom. The van der Waals surface area contributed by atoms with Crippen molar-refractivity contribution in [1.82, 2.24) is 15.1 Å². The molecule has 20 heavy (non-hydrogen) atoms. The summed E-state index contributed by atoms with van der Waals surface area (Å²) in [5, 5.41) is 3.22. The van der Waals surface area contributed by atoms with Gasteiger partial charge in [-0.25, -0.2) is 0 Å². The molecule has 4 nitrogen and oxygen atoms in total. The highest BCUT2D eigenvalue weighted by Crippen LogP contribution is 2.23. The molecule has 0 atom stereocenters. The average Bonchev–Trinajstić information content (AvgIpc) is 2.80. The van der Waals surface area contributed by atoms with Crippen molar-refractivity contribution in [2.24, 2.45) is 5.92 Å². The number of carbonyl (C=O) groups is 1. The van der Waals surface area contributed by atoms with E-state index in [9.17, 15) is 4.79 Å². The van der Waals surface area contributed by atoms with E-state index >= 15 is 0 Å². The first-order valence-corrected chi connectivity index (χ1v) is 8.35. The summed E-state index contributed by atoms with van der Waals surface area (Å²) in [7, 11) is 0. The van der Waals surface area contributed by atoms with E-state index in [1.165, 1.54) is 4.88 Å². The summed E-state index contributed by atoms with van der Waals surface area (Å²) in [4.78, 5) is 17.9. The van der Waals surface area contributed by atoms with E-state index in [0.29, 0.717) is 18.2 Å². The Bertz CT molecular complexity index is 467. The number of amides is 1. The molecule has 1 amide bonds. The van der Waals surface area contributed by atoms with Crippen molar-refractivity contribution in [3.8, 4) is 0 Å². The molecule has 1 aromatic rings. The molecule has 2 aliphatic heterocycles. The van der Waals surface area contributed by atoms with Gasteiger partial charge in [-0.1, -0.05) is 11.6 Å². The molecule has 2 saturated heterocycles. The molecular formula is C14H20ClN3OS. The van der Waals surface area contributed by atoms with Crippen LogP contribution in [-0.2, 0) is 11.3 Å². The molecule has 1 aromatic heterocycles. The molecule has 0 saturated carbocycles. The average molecular weight is 314 g/mol. The van der Waals surface area contributed by atoms with Crippen molar-refractivity contribution in [3.63, 3.8) is 0 Å². The smallest absolute Gasteiger partial charge is 0.223 e. The van der Waals surface area contributed by atoms with Crippen LogP contribution in [0, 0.1) is 5.92 Å². The van der Waals surface area contributed by atoms with Crippen LogP contribution in [0.15, 0.2) is 12.1 Å². The molecule has 0 aliphatic carbocycles. The van der Waals surface area contributed by atoms with E-state index in [-0.39, 0.29) is 0 Å². The van der Waals surface area contributed by atoms with E-state index in [1.807, 2.05) is 11.0 Å². The van der Waals surface area contributed by atoms with Gasteiger partial charge in [-0.3, -0.25) is 9.69 Å². The highest BCUT2D eigenvalue weighted by atomic mass is 35.5. The normalized spacial score (nSPS) is 20.9. The third-order valence-electron chi connectivity index (χ3n) is 4.06. The molecule has 0 unspecified atom stereocenters. The second-order valence-corrected chi connectivity index (χ2v) is 7.39. The summed E-state index contributed by atoms with van der Waals surface area (Å²) < 4.78 is 0.850. The molecule has 2 fully saturated rings. The van der Waals surface area contributed by atoms with Gasteiger partial charge in [-0.05, 0) is 31.1 Å². The number of hydrogen-bond acceptors (Lipinski definition) is 4. The van der Waals surface area contributed by atoms with Crippen molar-refractivity contribution in [1.29, 1.82) is 0 Å². The molecule has 0 aromatic carbocycles. The zero-order chi connectivity index (χ0) is 13.9. The summed E-state index contributed by atoms with van der Waals surface area (Å²) in [6, 6.07) is 4.04. The standard InChI is InChI=1S/C14H20ClN3OS/c15-13-2-1-12(20-13)10-17-3-5-18(6-4-17)14(19)7-11-8-16-9-11/h1-2,11,16H,3-10H2. The lowest BCUT2D eigenvalue weighted by Gasteiger charge is -2.36. The highest BCUT2D eigenvalue weighted by molar-refractivity contribution is 7.16. The Labute approximate surface area is 128 Å². The van der Waals surface area contributed by atoms with E-state index in [4.69, 9.17) is 11.6 Å². The van der Waals surface area contributed by atoms with Crippen molar-refractivity contribution >= 4 is 28.8 Å². The van der Waals surface area contributed by atoms with Gasteiger partial charge in [0.05, 0.1) is 4.34 Å². The number of carbonyl (C=O) groups excluding carboxylic acids is 1. The maximum atomic E-state index is 12.1. The first kappa shape index (κ1) is 14.3. The Hall–Kier alpha value is -0.620. The number of thiophene rings is 1. The number of halogens is 1. The number of piperazine rings is 1. The van der Waals surface area contributed by atoms with Crippen LogP contribution in [0.2, 0.25) is 4.34 Å². The molecule has 0 radical (unpaired) electrons. The summed E-state index contributed by atoms with van der Waals surface area (Å²) >= 11 is 7.60. The molecule has 1 N–H and O–H groups in total. The molecule has 110 valence electrons. The van der Waals surface area contributed by atoms with Crippen molar-refractivity contribution < 1.29 is 4.79 Å². The van der Waals surface area contributed by atoms with E-state index < -0.39 is 0 Å². The first-order valence-electron chi connectivity index (χ1n) is 7.16. The van der Waals surface area contributed by atoms with Gasteiger partial charge in [-0.15, -0.1) is 11.3 Å². The van der Waals surface area contributed by atoms with Gasteiger partial charge in [0.2, 0.25) is 5.91 Å².